The number of hydrogen-bond acceptors (Lipinski definition) is 5. The van der Waals surface area contributed by atoms with Gasteiger partial charge in [0.15, 0.2) is 0 Å². The number of benzene rings is 1. The molecular weight excluding hydrogens is 411 g/mol. The Morgan fingerprint density at radius 2 is 2.03 bits per heavy atom. The predicted molar refractivity (Wildman–Crippen MR) is 108 cm³/mol. The Balaban J connectivity index is 1.73. The Bertz CT molecular complexity index is 985. The van der Waals surface area contributed by atoms with E-state index in [0.29, 0.717) is 11.3 Å². The summed E-state index contributed by atoms with van der Waals surface area (Å²) in [6, 6.07) is 6.28. The Morgan fingerprint density at radius 3 is 2.63 bits per heavy atom. The van der Waals surface area contributed by atoms with Crippen molar-refractivity contribution in [1.29, 1.82) is 0 Å². The highest BCUT2D eigenvalue weighted by atomic mass is 35.5. The van der Waals surface area contributed by atoms with Crippen molar-refractivity contribution >= 4 is 29.3 Å². The van der Waals surface area contributed by atoms with Gasteiger partial charge in [-0.2, -0.15) is 10.2 Å². The van der Waals surface area contributed by atoms with E-state index in [1.807, 2.05) is 0 Å². The van der Waals surface area contributed by atoms with Gasteiger partial charge in [-0.15, -0.1) is 0 Å². The van der Waals surface area contributed by atoms with Gasteiger partial charge in [-0.05, 0) is 57.0 Å². The fourth-order valence-electron chi connectivity index (χ4n) is 3.29. The number of halogens is 2. The van der Waals surface area contributed by atoms with Crippen molar-refractivity contribution < 1.29 is 18.8 Å². The van der Waals surface area contributed by atoms with E-state index in [1.54, 1.807) is 32.9 Å². The molecule has 1 aliphatic heterocycles. The van der Waals surface area contributed by atoms with Crippen LogP contribution in [0.3, 0.4) is 0 Å². The van der Waals surface area contributed by atoms with E-state index in [4.69, 9.17) is 11.6 Å². The van der Waals surface area contributed by atoms with Crippen molar-refractivity contribution in [2.45, 2.75) is 51.5 Å². The SMILES string of the molecule is Cc1ccc(C(C)(C)C(=O)NCc2cc(F)c(C3CCC(=O)NC3=O)c(Cl)c2)nn1. The molecule has 0 radical (unpaired) electrons. The number of amides is 3. The summed E-state index contributed by atoms with van der Waals surface area (Å²) in [5, 5.41) is 13.1. The fourth-order valence-corrected chi connectivity index (χ4v) is 3.65. The Morgan fingerprint density at radius 1 is 1.30 bits per heavy atom. The molecule has 3 amide bonds. The molecule has 0 bridgehead atoms. The summed E-state index contributed by atoms with van der Waals surface area (Å²) in [6.07, 6.45) is 0.324. The first-order valence-electron chi connectivity index (χ1n) is 9.50. The van der Waals surface area contributed by atoms with E-state index in [2.05, 4.69) is 20.8 Å². The van der Waals surface area contributed by atoms with Crippen LogP contribution in [0.5, 0.6) is 0 Å². The first-order chi connectivity index (χ1) is 14.1. The van der Waals surface area contributed by atoms with E-state index in [1.165, 1.54) is 12.1 Å². The summed E-state index contributed by atoms with van der Waals surface area (Å²) in [5.41, 5.74) is 0.842. The summed E-state index contributed by atoms with van der Waals surface area (Å²) in [6.45, 7) is 5.30. The second kappa shape index (κ2) is 8.47. The van der Waals surface area contributed by atoms with Crippen molar-refractivity contribution in [3.05, 3.63) is 57.6 Å². The Hall–Kier alpha value is -2.87. The molecular formula is C21H22ClFN4O3. The van der Waals surface area contributed by atoms with Gasteiger partial charge in [-0.3, -0.25) is 19.7 Å². The standard InChI is InChI=1S/C21H22ClFN4O3/c1-11-4-6-16(27-26-11)21(2,3)20(30)24-10-12-8-14(22)18(15(23)9-12)13-5-7-17(28)25-19(13)29/h4,6,8-9,13H,5,7,10H2,1-3H3,(H,24,30)(H,25,28,29). The monoisotopic (exact) mass is 432 g/mol. The number of nitrogens with zero attached hydrogens (tertiary/aromatic N) is 2. The average Bonchev–Trinajstić information content (AvgIpc) is 2.67. The summed E-state index contributed by atoms with van der Waals surface area (Å²) in [4.78, 5) is 36.1. The van der Waals surface area contributed by atoms with Crippen molar-refractivity contribution in [2.75, 3.05) is 0 Å². The van der Waals surface area contributed by atoms with Gasteiger partial charge < -0.3 is 5.32 Å². The molecule has 1 aliphatic rings. The lowest BCUT2D eigenvalue weighted by Gasteiger charge is -2.24. The normalized spacial score (nSPS) is 16.9. The minimum Gasteiger partial charge on any atom is -0.351 e. The zero-order chi connectivity index (χ0) is 22.1. The van der Waals surface area contributed by atoms with Gasteiger partial charge in [-0.25, -0.2) is 4.39 Å². The number of hydrogen-bond donors (Lipinski definition) is 2. The zero-order valence-corrected chi connectivity index (χ0v) is 17.6. The molecule has 9 heteroatoms. The van der Waals surface area contributed by atoms with Gasteiger partial charge in [0.2, 0.25) is 17.7 Å². The van der Waals surface area contributed by atoms with Crippen molar-refractivity contribution in [2.24, 2.45) is 0 Å². The number of aromatic nitrogens is 2. The molecule has 3 rings (SSSR count). The molecule has 1 fully saturated rings. The number of imide groups is 1. The molecule has 158 valence electrons. The molecule has 1 saturated heterocycles. The van der Waals surface area contributed by atoms with Crippen LogP contribution >= 0.6 is 11.6 Å². The molecule has 1 aromatic heterocycles. The minimum absolute atomic E-state index is 0.0494. The van der Waals surface area contributed by atoms with E-state index in [0.717, 1.165) is 5.69 Å². The van der Waals surface area contributed by atoms with Gasteiger partial charge in [-0.1, -0.05) is 11.6 Å². The summed E-state index contributed by atoms with van der Waals surface area (Å²) in [7, 11) is 0. The lowest BCUT2D eigenvalue weighted by Crippen LogP contribution is -2.40. The number of aryl methyl sites for hydroxylation is 1. The van der Waals surface area contributed by atoms with E-state index >= 15 is 0 Å². The summed E-state index contributed by atoms with van der Waals surface area (Å²) < 4.78 is 14.7. The van der Waals surface area contributed by atoms with Gasteiger partial charge in [0.1, 0.15) is 5.82 Å². The van der Waals surface area contributed by atoms with Crippen molar-refractivity contribution in [3.8, 4) is 0 Å². The lowest BCUT2D eigenvalue weighted by atomic mass is 9.87. The topological polar surface area (TPSA) is 101 Å². The molecule has 0 saturated carbocycles. The van der Waals surface area contributed by atoms with Crippen molar-refractivity contribution in [3.63, 3.8) is 0 Å². The van der Waals surface area contributed by atoms with E-state index < -0.39 is 23.1 Å². The summed E-state index contributed by atoms with van der Waals surface area (Å²) in [5.74, 6) is -2.71. The van der Waals surface area contributed by atoms with Crippen LogP contribution in [0.1, 0.15) is 55.1 Å². The van der Waals surface area contributed by atoms with Gasteiger partial charge in [0.05, 0.1) is 22.7 Å². The molecule has 2 N–H and O–H groups in total. The van der Waals surface area contributed by atoms with Crippen molar-refractivity contribution in [1.82, 2.24) is 20.8 Å². The first-order valence-corrected chi connectivity index (χ1v) is 9.88. The highest BCUT2D eigenvalue weighted by Gasteiger charge is 2.33. The Kier molecular flexibility index (Phi) is 6.17. The Labute approximate surface area is 178 Å². The van der Waals surface area contributed by atoms with Crippen LogP contribution in [-0.2, 0) is 26.3 Å². The van der Waals surface area contributed by atoms with Crippen LogP contribution in [0.4, 0.5) is 4.39 Å². The maximum absolute atomic E-state index is 14.7. The van der Waals surface area contributed by atoms with Crippen LogP contribution in [0.15, 0.2) is 24.3 Å². The largest absolute Gasteiger partial charge is 0.351 e. The molecule has 1 aromatic carbocycles. The first kappa shape index (κ1) is 21.8. The van der Waals surface area contributed by atoms with Crippen LogP contribution in [0.2, 0.25) is 5.02 Å². The zero-order valence-electron chi connectivity index (χ0n) is 16.9. The van der Waals surface area contributed by atoms with Gasteiger partial charge in [0.25, 0.3) is 0 Å². The fraction of sp³-hybridized carbons (Fsp3) is 0.381. The predicted octanol–water partition coefficient (Wildman–Crippen LogP) is 2.69. The maximum Gasteiger partial charge on any atom is 0.234 e. The van der Waals surface area contributed by atoms with Crippen LogP contribution in [0.25, 0.3) is 0 Å². The molecule has 2 aromatic rings. The third kappa shape index (κ3) is 4.48. The molecule has 1 atom stereocenters. The number of piperidine rings is 1. The number of carbonyl (C=O) groups is 3. The number of carbonyl (C=O) groups excluding carboxylic acids is 3. The molecule has 0 aliphatic carbocycles. The number of rotatable bonds is 5. The lowest BCUT2D eigenvalue weighted by molar-refractivity contribution is -0.134. The molecule has 30 heavy (non-hydrogen) atoms. The van der Waals surface area contributed by atoms with E-state index in [9.17, 15) is 18.8 Å². The van der Waals surface area contributed by atoms with E-state index in [-0.39, 0.29) is 41.8 Å². The molecule has 7 nitrogen and oxygen atoms in total. The second-order valence-electron chi connectivity index (χ2n) is 7.84. The summed E-state index contributed by atoms with van der Waals surface area (Å²) >= 11 is 6.25. The smallest absolute Gasteiger partial charge is 0.234 e. The quantitative estimate of drug-likeness (QED) is 0.707. The van der Waals surface area contributed by atoms with Gasteiger partial charge in [0, 0.05) is 23.6 Å². The second-order valence-corrected chi connectivity index (χ2v) is 8.25. The average molecular weight is 433 g/mol. The minimum atomic E-state index is -0.935. The third-order valence-corrected chi connectivity index (χ3v) is 5.50. The van der Waals surface area contributed by atoms with Crippen LogP contribution in [0, 0.1) is 12.7 Å². The third-order valence-electron chi connectivity index (χ3n) is 5.19. The maximum atomic E-state index is 14.7. The molecule has 1 unspecified atom stereocenters. The number of nitrogens with one attached hydrogen (secondary N) is 2. The van der Waals surface area contributed by atoms with Gasteiger partial charge >= 0.3 is 0 Å². The highest BCUT2D eigenvalue weighted by Crippen LogP contribution is 2.33. The van der Waals surface area contributed by atoms with Crippen LogP contribution in [-0.4, -0.2) is 27.9 Å². The highest BCUT2D eigenvalue weighted by molar-refractivity contribution is 6.31. The molecule has 0 spiro atoms. The van der Waals surface area contributed by atoms with Crippen LogP contribution < -0.4 is 10.6 Å². The molecule has 2 heterocycles.